The average molecular weight is 381 g/mol. The van der Waals surface area contributed by atoms with Crippen molar-refractivity contribution in [2.75, 3.05) is 24.6 Å². The number of likely N-dealkylation sites (tertiary alicyclic amines) is 2. The van der Waals surface area contributed by atoms with Crippen LogP contribution in [0.4, 0.5) is 0 Å². The summed E-state index contributed by atoms with van der Waals surface area (Å²) in [4.78, 5) is 28.8. The maximum Gasteiger partial charge on any atom is 0.228 e. The number of rotatable bonds is 3. The van der Waals surface area contributed by atoms with Crippen molar-refractivity contribution in [1.29, 1.82) is 0 Å². The molecule has 0 unspecified atom stereocenters. The summed E-state index contributed by atoms with van der Waals surface area (Å²) in [6.45, 7) is 2.81. The van der Waals surface area contributed by atoms with E-state index in [9.17, 15) is 18.0 Å². The molecule has 3 fully saturated rings. The van der Waals surface area contributed by atoms with Gasteiger partial charge in [-0.15, -0.1) is 0 Å². The molecular formula is C17H23N3O5S. The molecule has 26 heavy (non-hydrogen) atoms. The molecule has 0 saturated carbocycles. The quantitative estimate of drug-likeness (QED) is 0.763. The highest BCUT2D eigenvalue weighted by Crippen LogP contribution is 2.35. The summed E-state index contributed by atoms with van der Waals surface area (Å²) in [5, 5.41) is 3.91. The minimum absolute atomic E-state index is 0.0172. The van der Waals surface area contributed by atoms with Gasteiger partial charge < -0.3 is 14.3 Å². The van der Waals surface area contributed by atoms with Crippen LogP contribution in [0, 0.1) is 12.8 Å². The van der Waals surface area contributed by atoms with Gasteiger partial charge in [0.1, 0.15) is 0 Å². The van der Waals surface area contributed by atoms with E-state index in [0.29, 0.717) is 25.3 Å². The van der Waals surface area contributed by atoms with Crippen LogP contribution in [0.5, 0.6) is 0 Å². The molecule has 3 atom stereocenters. The van der Waals surface area contributed by atoms with Crippen molar-refractivity contribution < 1.29 is 22.5 Å². The number of nitrogens with zero attached hydrogens (tertiary/aromatic N) is 3. The van der Waals surface area contributed by atoms with Gasteiger partial charge in [-0.2, -0.15) is 0 Å². The Morgan fingerprint density at radius 1 is 1.35 bits per heavy atom. The van der Waals surface area contributed by atoms with Crippen LogP contribution >= 0.6 is 0 Å². The van der Waals surface area contributed by atoms with Crippen molar-refractivity contribution in [3.05, 3.63) is 17.5 Å². The molecule has 0 N–H and O–H groups in total. The van der Waals surface area contributed by atoms with E-state index in [1.165, 1.54) is 0 Å². The summed E-state index contributed by atoms with van der Waals surface area (Å²) in [5.41, 5.74) is 0.781. The smallest absolute Gasteiger partial charge is 0.228 e. The molecule has 4 heterocycles. The molecule has 4 rings (SSSR count). The van der Waals surface area contributed by atoms with E-state index in [0.717, 1.165) is 18.5 Å². The van der Waals surface area contributed by atoms with Gasteiger partial charge in [0.2, 0.25) is 11.8 Å². The first-order chi connectivity index (χ1) is 12.3. The minimum atomic E-state index is -3.06. The Labute approximate surface area is 152 Å². The van der Waals surface area contributed by atoms with Gasteiger partial charge in [-0.1, -0.05) is 5.16 Å². The van der Waals surface area contributed by atoms with Crippen molar-refractivity contribution in [2.45, 2.75) is 44.7 Å². The fourth-order valence-corrected chi connectivity index (χ4v) is 6.10. The van der Waals surface area contributed by atoms with E-state index in [4.69, 9.17) is 4.52 Å². The zero-order chi connectivity index (χ0) is 18.5. The Hall–Kier alpha value is -1.90. The Kier molecular flexibility index (Phi) is 4.29. The lowest BCUT2D eigenvalue weighted by Gasteiger charge is -2.27. The maximum atomic E-state index is 13.0. The molecule has 1 aromatic heterocycles. The summed E-state index contributed by atoms with van der Waals surface area (Å²) in [7, 11) is -3.06. The molecule has 3 aliphatic heterocycles. The summed E-state index contributed by atoms with van der Waals surface area (Å²) in [5.74, 6) is 0.268. The predicted octanol–water partition coefficient (Wildman–Crippen LogP) is 0.682. The molecule has 0 spiro atoms. The summed E-state index contributed by atoms with van der Waals surface area (Å²) < 4.78 is 28.8. The number of hydrogen-bond acceptors (Lipinski definition) is 6. The van der Waals surface area contributed by atoms with Crippen LogP contribution < -0.4 is 0 Å². The SMILES string of the molecule is Cc1cc([C@@H]2CCCN2C(=O)[C@@H]2CC(=O)N([C@@H]3CCS(=O)(=O)C3)C2)on1. The molecule has 142 valence electrons. The lowest BCUT2D eigenvalue weighted by Crippen LogP contribution is -2.40. The average Bonchev–Trinajstić information content (AvgIpc) is 3.32. The van der Waals surface area contributed by atoms with E-state index in [-0.39, 0.29) is 41.8 Å². The molecule has 2 amide bonds. The molecule has 3 aliphatic rings. The van der Waals surface area contributed by atoms with Gasteiger partial charge in [0.15, 0.2) is 15.6 Å². The third kappa shape index (κ3) is 3.13. The second kappa shape index (κ2) is 6.37. The topological polar surface area (TPSA) is 101 Å². The van der Waals surface area contributed by atoms with Gasteiger partial charge in [0.05, 0.1) is 29.2 Å². The standard InChI is InChI=1S/C17H23N3O5S/c1-11-7-15(25-18-11)14-3-2-5-19(14)17(22)12-8-16(21)20(9-12)13-4-6-26(23,24)10-13/h7,12-14H,2-6,8-10H2,1H3/t12-,13-,14+/m1/s1. The van der Waals surface area contributed by atoms with Crippen molar-refractivity contribution in [3.8, 4) is 0 Å². The van der Waals surface area contributed by atoms with Gasteiger partial charge in [-0.25, -0.2) is 8.42 Å². The number of carbonyl (C=O) groups excluding carboxylic acids is 2. The monoisotopic (exact) mass is 381 g/mol. The largest absolute Gasteiger partial charge is 0.359 e. The maximum absolute atomic E-state index is 13.0. The predicted molar refractivity (Wildman–Crippen MR) is 91.8 cm³/mol. The Balaban J connectivity index is 1.46. The van der Waals surface area contributed by atoms with Crippen molar-refractivity contribution >= 4 is 21.7 Å². The van der Waals surface area contributed by atoms with E-state index in [1.807, 2.05) is 13.0 Å². The Morgan fingerprint density at radius 2 is 2.15 bits per heavy atom. The molecule has 8 nitrogen and oxygen atoms in total. The summed E-state index contributed by atoms with van der Waals surface area (Å²) in [6, 6.07) is 1.45. The lowest BCUT2D eigenvalue weighted by atomic mass is 10.1. The number of amides is 2. The molecule has 9 heteroatoms. The fraction of sp³-hybridized carbons (Fsp3) is 0.706. The first-order valence-corrected chi connectivity index (χ1v) is 10.9. The van der Waals surface area contributed by atoms with Crippen LogP contribution in [0.25, 0.3) is 0 Å². The van der Waals surface area contributed by atoms with E-state index < -0.39 is 15.8 Å². The highest BCUT2D eigenvalue weighted by molar-refractivity contribution is 7.91. The van der Waals surface area contributed by atoms with E-state index in [1.54, 1.807) is 9.80 Å². The zero-order valence-corrected chi connectivity index (χ0v) is 15.6. The van der Waals surface area contributed by atoms with Crippen LogP contribution in [-0.2, 0) is 19.4 Å². The third-order valence-corrected chi connectivity index (χ3v) is 7.42. The van der Waals surface area contributed by atoms with Crippen LogP contribution in [0.1, 0.15) is 43.2 Å². The number of carbonyl (C=O) groups is 2. The molecule has 0 bridgehead atoms. The van der Waals surface area contributed by atoms with E-state index >= 15 is 0 Å². The Morgan fingerprint density at radius 3 is 2.81 bits per heavy atom. The van der Waals surface area contributed by atoms with E-state index in [2.05, 4.69) is 5.16 Å². The number of sulfone groups is 1. The molecule has 3 saturated heterocycles. The van der Waals surface area contributed by atoms with Crippen LogP contribution in [0.15, 0.2) is 10.6 Å². The summed E-state index contributed by atoms with van der Waals surface area (Å²) in [6.07, 6.45) is 2.35. The zero-order valence-electron chi connectivity index (χ0n) is 14.8. The van der Waals surface area contributed by atoms with Gasteiger partial charge in [-0.3, -0.25) is 9.59 Å². The summed E-state index contributed by atoms with van der Waals surface area (Å²) >= 11 is 0. The van der Waals surface area contributed by atoms with Gasteiger partial charge >= 0.3 is 0 Å². The molecule has 1 aromatic rings. The van der Waals surface area contributed by atoms with Crippen LogP contribution in [0.2, 0.25) is 0 Å². The number of aryl methyl sites for hydroxylation is 1. The molecule has 0 aliphatic carbocycles. The lowest BCUT2D eigenvalue weighted by molar-refractivity contribution is -0.137. The fourth-order valence-electron chi connectivity index (χ4n) is 4.37. The Bertz CT molecular complexity index is 833. The van der Waals surface area contributed by atoms with Crippen LogP contribution in [0.3, 0.4) is 0 Å². The minimum Gasteiger partial charge on any atom is -0.359 e. The molecule has 0 aromatic carbocycles. The highest BCUT2D eigenvalue weighted by atomic mass is 32.2. The van der Waals surface area contributed by atoms with Crippen molar-refractivity contribution in [3.63, 3.8) is 0 Å². The van der Waals surface area contributed by atoms with Crippen molar-refractivity contribution in [2.24, 2.45) is 5.92 Å². The normalized spacial score (nSPS) is 31.1. The molecular weight excluding hydrogens is 358 g/mol. The van der Waals surface area contributed by atoms with Gasteiger partial charge in [-0.05, 0) is 26.2 Å². The second-order valence-corrected chi connectivity index (χ2v) is 9.79. The number of hydrogen-bond donors (Lipinski definition) is 0. The van der Waals surface area contributed by atoms with Gasteiger partial charge in [0.25, 0.3) is 0 Å². The van der Waals surface area contributed by atoms with Crippen LogP contribution in [-0.4, -0.2) is 65.8 Å². The second-order valence-electron chi connectivity index (χ2n) is 7.56. The number of aromatic nitrogens is 1. The molecule has 0 radical (unpaired) electrons. The first kappa shape index (κ1) is 17.5. The first-order valence-electron chi connectivity index (χ1n) is 9.07. The van der Waals surface area contributed by atoms with Crippen molar-refractivity contribution in [1.82, 2.24) is 15.0 Å². The van der Waals surface area contributed by atoms with Gasteiger partial charge in [0, 0.05) is 31.6 Å². The highest BCUT2D eigenvalue weighted by Gasteiger charge is 2.44. The third-order valence-electron chi connectivity index (χ3n) is 5.67.